The third-order valence-electron chi connectivity index (χ3n) is 3.21. The molecule has 1 heterocycles. The molecule has 1 aliphatic rings. The van der Waals surface area contributed by atoms with E-state index in [0.29, 0.717) is 19.5 Å². The van der Waals surface area contributed by atoms with E-state index < -0.39 is 0 Å². The highest BCUT2D eigenvalue weighted by molar-refractivity contribution is 5.96. The summed E-state index contributed by atoms with van der Waals surface area (Å²) in [7, 11) is 0. The number of benzene rings is 1. The van der Waals surface area contributed by atoms with Gasteiger partial charge in [0.2, 0.25) is 5.91 Å². The monoisotopic (exact) mass is 273 g/mol. The Hall–Kier alpha value is -2.30. The van der Waals surface area contributed by atoms with E-state index >= 15 is 0 Å². The molecule has 5 nitrogen and oxygen atoms in total. The van der Waals surface area contributed by atoms with E-state index in [1.54, 1.807) is 11.0 Å². The van der Waals surface area contributed by atoms with Gasteiger partial charge >= 0.3 is 6.03 Å². The van der Waals surface area contributed by atoms with Crippen molar-refractivity contribution in [1.82, 2.24) is 10.6 Å². The Morgan fingerprint density at radius 3 is 2.80 bits per heavy atom. The van der Waals surface area contributed by atoms with Crippen LogP contribution in [0.3, 0.4) is 0 Å². The summed E-state index contributed by atoms with van der Waals surface area (Å²) in [6.45, 7) is 6.45. The number of aryl methyl sites for hydroxylation is 1. The number of carbonyl (C=O) groups is 2. The molecule has 0 bridgehead atoms. The van der Waals surface area contributed by atoms with Crippen molar-refractivity contribution in [1.29, 1.82) is 0 Å². The lowest BCUT2D eigenvalue weighted by Crippen LogP contribution is -2.43. The Bertz CT molecular complexity index is 510. The van der Waals surface area contributed by atoms with Gasteiger partial charge in [0.25, 0.3) is 0 Å². The number of nitrogens with one attached hydrogen (secondary N) is 2. The van der Waals surface area contributed by atoms with Crippen LogP contribution in [0.4, 0.5) is 10.5 Å². The summed E-state index contributed by atoms with van der Waals surface area (Å²) in [4.78, 5) is 25.3. The molecule has 5 heteroatoms. The normalized spacial score (nSPS) is 17.9. The Morgan fingerprint density at radius 2 is 2.15 bits per heavy atom. The fourth-order valence-electron chi connectivity index (χ4n) is 2.18. The molecular formula is C15H19N3O2. The maximum absolute atomic E-state index is 12.0. The van der Waals surface area contributed by atoms with Gasteiger partial charge in [-0.1, -0.05) is 23.8 Å². The standard InChI is InChI=1S/C15H19N3O2/c1-3-8-16-15(20)17-12-9-14(19)18(10-12)13-6-4-11(2)5-7-13/h3-7,12H,1,8-10H2,2H3,(H2,16,17,20). The van der Waals surface area contributed by atoms with E-state index in [2.05, 4.69) is 17.2 Å². The van der Waals surface area contributed by atoms with Gasteiger partial charge < -0.3 is 15.5 Å². The van der Waals surface area contributed by atoms with Gasteiger partial charge in [-0.2, -0.15) is 0 Å². The van der Waals surface area contributed by atoms with E-state index in [0.717, 1.165) is 11.3 Å². The van der Waals surface area contributed by atoms with Crippen molar-refractivity contribution in [3.8, 4) is 0 Å². The van der Waals surface area contributed by atoms with Crippen LogP contribution in [0.1, 0.15) is 12.0 Å². The molecule has 0 spiro atoms. The highest BCUT2D eigenvalue weighted by Gasteiger charge is 2.31. The summed E-state index contributed by atoms with van der Waals surface area (Å²) in [5.74, 6) is 0.0304. The van der Waals surface area contributed by atoms with Crippen LogP contribution in [0.5, 0.6) is 0 Å². The van der Waals surface area contributed by atoms with Crippen molar-refractivity contribution in [3.63, 3.8) is 0 Å². The molecule has 2 N–H and O–H groups in total. The Morgan fingerprint density at radius 1 is 1.45 bits per heavy atom. The molecule has 0 aliphatic carbocycles. The third kappa shape index (κ3) is 3.38. The number of hydrogen-bond donors (Lipinski definition) is 2. The highest BCUT2D eigenvalue weighted by atomic mass is 16.2. The Balaban J connectivity index is 1.95. The third-order valence-corrected chi connectivity index (χ3v) is 3.21. The van der Waals surface area contributed by atoms with Gasteiger partial charge in [0, 0.05) is 25.2 Å². The van der Waals surface area contributed by atoms with E-state index in [4.69, 9.17) is 0 Å². The SMILES string of the molecule is C=CCNC(=O)NC1CC(=O)N(c2ccc(C)cc2)C1. The quantitative estimate of drug-likeness (QED) is 0.818. The van der Waals surface area contributed by atoms with E-state index in [-0.39, 0.29) is 18.0 Å². The number of hydrogen-bond acceptors (Lipinski definition) is 2. The van der Waals surface area contributed by atoms with Crippen LogP contribution in [-0.2, 0) is 4.79 Å². The molecule has 1 aliphatic heterocycles. The molecule has 0 aromatic heterocycles. The molecule has 20 heavy (non-hydrogen) atoms. The maximum atomic E-state index is 12.0. The van der Waals surface area contributed by atoms with Crippen molar-refractivity contribution in [3.05, 3.63) is 42.5 Å². The molecule has 1 fully saturated rings. The van der Waals surface area contributed by atoms with Crippen molar-refractivity contribution < 1.29 is 9.59 Å². The average molecular weight is 273 g/mol. The average Bonchev–Trinajstić information content (AvgIpc) is 2.78. The minimum atomic E-state index is -0.270. The number of amides is 3. The molecule has 0 saturated carbocycles. The van der Waals surface area contributed by atoms with Crippen molar-refractivity contribution in [2.45, 2.75) is 19.4 Å². The second-order valence-corrected chi connectivity index (χ2v) is 4.88. The predicted octanol–water partition coefficient (Wildman–Crippen LogP) is 1.59. The number of urea groups is 1. The molecule has 1 saturated heterocycles. The van der Waals surface area contributed by atoms with Crippen molar-refractivity contribution in [2.24, 2.45) is 0 Å². The molecule has 1 aromatic carbocycles. The molecule has 1 aromatic rings. The van der Waals surface area contributed by atoms with Crippen LogP contribution in [0, 0.1) is 6.92 Å². The highest BCUT2D eigenvalue weighted by Crippen LogP contribution is 2.21. The maximum Gasteiger partial charge on any atom is 0.315 e. The Labute approximate surface area is 118 Å². The van der Waals surface area contributed by atoms with Crippen LogP contribution in [0.2, 0.25) is 0 Å². The lowest BCUT2D eigenvalue weighted by Gasteiger charge is -2.17. The molecule has 3 amide bonds. The first-order valence-electron chi connectivity index (χ1n) is 6.62. The van der Waals surface area contributed by atoms with Crippen LogP contribution in [0.25, 0.3) is 0 Å². The minimum absolute atomic E-state index is 0.0304. The van der Waals surface area contributed by atoms with E-state index in [9.17, 15) is 9.59 Å². The van der Waals surface area contributed by atoms with E-state index in [1.807, 2.05) is 31.2 Å². The first kappa shape index (κ1) is 14.1. The molecular weight excluding hydrogens is 254 g/mol. The molecule has 1 atom stereocenters. The number of rotatable bonds is 4. The van der Waals surface area contributed by atoms with Gasteiger partial charge in [-0.3, -0.25) is 4.79 Å². The smallest absolute Gasteiger partial charge is 0.315 e. The molecule has 1 unspecified atom stereocenters. The van der Waals surface area contributed by atoms with Gasteiger partial charge in [0.15, 0.2) is 0 Å². The molecule has 0 radical (unpaired) electrons. The summed E-state index contributed by atoms with van der Waals surface area (Å²) in [6, 6.07) is 7.36. The topological polar surface area (TPSA) is 61.4 Å². The second kappa shape index (κ2) is 6.23. The number of carbonyl (C=O) groups excluding carboxylic acids is 2. The van der Waals surface area contributed by atoms with Crippen LogP contribution >= 0.6 is 0 Å². The van der Waals surface area contributed by atoms with Crippen LogP contribution in [-0.4, -0.2) is 31.1 Å². The molecule has 2 rings (SSSR count). The zero-order chi connectivity index (χ0) is 14.5. The summed E-state index contributed by atoms with van der Waals surface area (Å²) >= 11 is 0. The van der Waals surface area contributed by atoms with Crippen molar-refractivity contribution >= 4 is 17.6 Å². The van der Waals surface area contributed by atoms with Crippen LogP contribution in [0.15, 0.2) is 36.9 Å². The minimum Gasteiger partial charge on any atom is -0.335 e. The molecule has 106 valence electrons. The first-order valence-corrected chi connectivity index (χ1v) is 6.62. The van der Waals surface area contributed by atoms with Gasteiger partial charge in [0.1, 0.15) is 0 Å². The van der Waals surface area contributed by atoms with Gasteiger partial charge in [0.05, 0.1) is 6.04 Å². The van der Waals surface area contributed by atoms with Crippen molar-refractivity contribution in [2.75, 3.05) is 18.0 Å². The summed E-state index contributed by atoms with van der Waals surface area (Å²) in [6.07, 6.45) is 1.94. The van der Waals surface area contributed by atoms with Gasteiger partial charge in [-0.25, -0.2) is 4.79 Å². The number of anilines is 1. The summed E-state index contributed by atoms with van der Waals surface area (Å²) in [5.41, 5.74) is 2.02. The van der Waals surface area contributed by atoms with Gasteiger partial charge in [-0.05, 0) is 19.1 Å². The van der Waals surface area contributed by atoms with E-state index in [1.165, 1.54) is 0 Å². The lowest BCUT2D eigenvalue weighted by atomic mass is 10.2. The largest absolute Gasteiger partial charge is 0.335 e. The zero-order valence-electron chi connectivity index (χ0n) is 11.6. The zero-order valence-corrected chi connectivity index (χ0v) is 11.6. The lowest BCUT2D eigenvalue weighted by molar-refractivity contribution is -0.117. The Kier molecular flexibility index (Phi) is 4.40. The van der Waals surface area contributed by atoms with Gasteiger partial charge in [-0.15, -0.1) is 6.58 Å². The summed E-state index contributed by atoms with van der Waals surface area (Å²) < 4.78 is 0. The predicted molar refractivity (Wildman–Crippen MR) is 78.7 cm³/mol. The number of nitrogens with zero attached hydrogens (tertiary/aromatic N) is 1. The second-order valence-electron chi connectivity index (χ2n) is 4.88. The first-order chi connectivity index (χ1) is 9.60. The summed E-state index contributed by atoms with van der Waals surface area (Å²) in [5, 5.41) is 5.43. The van der Waals surface area contributed by atoms with Crippen LogP contribution < -0.4 is 15.5 Å². The fraction of sp³-hybridized carbons (Fsp3) is 0.333. The fourth-order valence-corrected chi connectivity index (χ4v) is 2.18.